The number of carbonyl (C=O) groups excluding carboxylic acids is 1. The molecule has 2 aromatic carbocycles. The average Bonchev–Trinajstić information content (AvgIpc) is 3.28. The minimum Gasteiger partial charge on any atom is -0.372 e. The highest BCUT2D eigenvalue weighted by Gasteiger charge is 2.25. The van der Waals surface area contributed by atoms with Gasteiger partial charge in [-0.1, -0.05) is 37.6 Å². The largest absolute Gasteiger partial charge is 0.372 e. The molecule has 2 aromatic rings. The number of carbonyl (C=O) groups is 1. The lowest BCUT2D eigenvalue weighted by atomic mass is 10.1. The van der Waals surface area contributed by atoms with Gasteiger partial charge in [0.05, 0.1) is 5.02 Å². The Kier molecular flexibility index (Phi) is 7.39. The molecule has 1 N–H and O–H groups in total. The zero-order valence-corrected chi connectivity index (χ0v) is 19.0. The van der Waals surface area contributed by atoms with Crippen molar-refractivity contribution in [1.82, 2.24) is 9.62 Å². The Morgan fingerprint density at radius 2 is 1.70 bits per heavy atom. The van der Waals surface area contributed by atoms with Crippen LogP contribution in [0.5, 0.6) is 0 Å². The third-order valence-corrected chi connectivity index (χ3v) is 7.91. The van der Waals surface area contributed by atoms with Crippen LogP contribution in [0.25, 0.3) is 0 Å². The lowest BCUT2D eigenvalue weighted by Crippen LogP contribution is -2.31. The summed E-state index contributed by atoms with van der Waals surface area (Å²) in [6.45, 7) is 6.73. The van der Waals surface area contributed by atoms with Crippen LogP contribution in [0.2, 0.25) is 5.02 Å². The topological polar surface area (TPSA) is 69.7 Å². The predicted molar refractivity (Wildman–Crippen MR) is 121 cm³/mol. The molecule has 0 unspecified atom stereocenters. The van der Waals surface area contributed by atoms with Crippen LogP contribution >= 0.6 is 11.6 Å². The van der Waals surface area contributed by atoms with E-state index in [1.54, 1.807) is 13.8 Å². The fourth-order valence-electron chi connectivity index (χ4n) is 3.63. The van der Waals surface area contributed by atoms with Gasteiger partial charge < -0.3 is 10.2 Å². The maximum Gasteiger partial charge on any atom is 0.251 e. The van der Waals surface area contributed by atoms with Crippen molar-refractivity contribution in [1.29, 1.82) is 0 Å². The Morgan fingerprint density at radius 3 is 2.30 bits per heavy atom. The zero-order chi connectivity index (χ0) is 21.7. The van der Waals surface area contributed by atoms with Crippen LogP contribution in [0.1, 0.15) is 42.6 Å². The van der Waals surface area contributed by atoms with Gasteiger partial charge in [0.25, 0.3) is 5.91 Å². The van der Waals surface area contributed by atoms with Crippen LogP contribution in [0, 0.1) is 0 Å². The van der Waals surface area contributed by atoms with Crippen molar-refractivity contribution in [2.75, 3.05) is 31.1 Å². The number of nitrogens with zero attached hydrogens (tertiary/aromatic N) is 2. The molecule has 0 radical (unpaired) electrons. The van der Waals surface area contributed by atoms with Crippen molar-refractivity contribution in [3.05, 3.63) is 58.6 Å². The molecule has 0 aliphatic carbocycles. The highest BCUT2D eigenvalue weighted by molar-refractivity contribution is 7.89. The summed E-state index contributed by atoms with van der Waals surface area (Å²) >= 11 is 6.14. The summed E-state index contributed by atoms with van der Waals surface area (Å²) in [6, 6.07) is 12.5. The van der Waals surface area contributed by atoms with E-state index in [9.17, 15) is 13.2 Å². The minimum absolute atomic E-state index is 0.0458. The van der Waals surface area contributed by atoms with E-state index in [1.807, 2.05) is 12.1 Å². The predicted octanol–water partition coefficient (Wildman–Crippen LogP) is 3.90. The summed E-state index contributed by atoms with van der Waals surface area (Å²) in [6.07, 6.45) is 2.45. The number of halogens is 1. The maximum absolute atomic E-state index is 12.8. The quantitative estimate of drug-likeness (QED) is 0.663. The smallest absolute Gasteiger partial charge is 0.251 e. The van der Waals surface area contributed by atoms with Crippen LogP contribution in [-0.4, -0.2) is 44.8 Å². The molecule has 0 aromatic heterocycles. The molecule has 162 valence electrons. The Hall–Kier alpha value is -2.09. The molecule has 0 atom stereocenters. The van der Waals surface area contributed by atoms with Gasteiger partial charge in [-0.3, -0.25) is 4.79 Å². The van der Waals surface area contributed by atoms with Crippen molar-refractivity contribution in [3.63, 3.8) is 0 Å². The number of benzene rings is 2. The number of amides is 1. The molecule has 1 fully saturated rings. The summed E-state index contributed by atoms with van der Waals surface area (Å²) in [4.78, 5) is 14.9. The molecular formula is C22H28ClN3O3S. The van der Waals surface area contributed by atoms with E-state index in [1.165, 1.54) is 41.0 Å². The van der Waals surface area contributed by atoms with E-state index >= 15 is 0 Å². The Labute approximate surface area is 183 Å². The Bertz CT molecular complexity index is 983. The van der Waals surface area contributed by atoms with Crippen molar-refractivity contribution in [2.24, 2.45) is 0 Å². The van der Waals surface area contributed by atoms with E-state index < -0.39 is 10.0 Å². The second kappa shape index (κ2) is 9.81. The first-order chi connectivity index (χ1) is 14.4. The van der Waals surface area contributed by atoms with E-state index in [4.69, 9.17) is 11.6 Å². The molecule has 6 nitrogen and oxygen atoms in total. The maximum atomic E-state index is 12.8. The summed E-state index contributed by atoms with van der Waals surface area (Å²) in [5, 5.41) is 2.96. The second-order valence-electron chi connectivity index (χ2n) is 7.28. The molecule has 30 heavy (non-hydrogen) atoms. The summed E-state index contributed by atoms with van der Waals surface area (Å²) in [5.41, 5.74) is 2.45. The van der Waals surface area contributed by atoms with Crippen molar-refractivity contribution >= 4 is 33.2 Å². The highest BCUT2D eigenvalue weighted by Crippen LogP contribution is 2.26. The van der Waals surface area contributed by atoms with Gasteiger partial charge >= 0.3 is 0 Å². The monoisotopic (exact) mass is 449 g/mol. The number of rotatable bonds is 8. The van der Waals surface area contributed by atoms with Crippen molar-refractivity contribution in [2.45, 2.75) is 38.1 Å². The molecule has 1 heterocycles. The fourth-order valence-corrected chi connectivity index (χ4v) is 5.59. The van der Waals surface area contributed by atoms with Crippen molar-refractivity contribution < 1.29 is 13.2 Å². The van der Waals surface area contributed by atoms with E-state index in [0.29, 0.717) is 19.6 Å². The Morgan fingerprint density at radius 1 is 1.07 bits per heavy atom. The van der Waals surface area contributed by atoms with Crippen LogP contribution in [0.4, 0.5) is 5.69 Å². The van der Waals surface area contributed by atoms with Gasteiger partial charge in [0.15, 0.2) is 0 Å². The SMILES string of the molecule is CCN(CC)S(=O)(=O)c1cc(C(=O)NCc2ccc(N3CCCC3)cc2)ccc1Cl. The minimum atomic E-state index is -3.75. The fraction of sp³-hybridized carbons (Fsp3) is 0.409. The lowest BCUT2D eigenvalue weighted by Gasteiger charge is -2.19. The molecule has 1 aliphatic rings. The van der Waals surface area contributed by atoms with E-state index in [0.717, 1.165) is 18.7 Å². The Balaban J connectivity index is 1.70. The van der Waals surface area contributed by atoms with Crippen LogP contribution in [0.3, 0.4) is 0 Å². The molecule has 0 saturated carbocycles. The number of anilines is 1. The average molecular weight is 450 g/mol. The van der Waals surface area contributed by atoms with Gasteiger partial charge in [0.2, 0.25) is 10.0 Å². The van der Waals surface area contributed by atoms with Gasteiger partial charge in [-0.25, -0.2) is 8.42 Å². The first-order valence-electron chi connectivity index (χ1n) is 10.3. The molecular weight excluding hydrogens is 422 g/mol. The van der Waals surface area contributed by atoms with Gasteiger partial charge in [0.1, 0.15) is 4.90 Å². The third kappa shape index (κ3) is 4.96. The molecule has 0 spiro atoms. The van der Waals surface area contributed by atoms with Gasteiger partial charge in [0, 0.05) is 44.0 Å². The molecule has 0 bridgehead atoms. The number of sulfonamides is 1. The van der Waals surface area contributed by atoms with Crippen LogP contribution in [0.15, 0.2) is 47.4 Å². The van der Waals surface area contributed by atoms with Crippen LogP contribution in [-0.2, 0) is 16.6 Å². The molecule has 1 saturated heterocycles. The zero-order valence-electron chi connectivity index (χ0n) is 17.4. The second-order valence-corrected chi connectivity index (χ2v) is 9.59. The van der Waals surface area contributed by atoms with Crippen molar-refractivity contribution in [3.8, 4) is 0 Å². The summed E-state index contributed by atoms with van der Waals surface area (Å²) in [7, 11) is -3.75. The third-order valence-electron chi connectivity index (χ3n) is 5.38. The highest BCUT2D eigenvalue weighted by atomic mass is 35.5. The number of nitrogens with one attached hydrogen (secondary N) is 1. The normalized spacial score (nSPS) is 14.3. The molecule has 1 aliphatic heterocycles. The summed E-state index contributed by atoms with van der Waals surface area (Å²) < 4.78 is 26.9. The van der Waals surface area contributed by atoms with E-state index in [-0.39, 0.29) is 21.4 Å². The van der Waals surface area contributed by atoms with Gasteiger partial charge in [-0.05, 0) is 48.7 Å². The van der Waals surface area contributed by atoms with Gasteiger partial charge in [-0.2, -0.15) is 4.31 Å². The van der Waals surface area contributed by atoms with E-state index in [2.05, 4.69) is 22.3 Å². The lowest BCUT2D eigenvalue weighted by molar-refractivity contribution is 0.0950. The standard InChI is InChI=1S/C22H28ClN3O3S/c1-3-26(4-2)30(28,29)21-15-18(9-12-20(21)23)22(27)24-16-17-7-10-19(11-8-17)25-13-5-6-14-25/h7-12,15H,3-6,13-14,16H2,1-2H3,(H,24,27). The molecule has 8 heteroatoms. The van der Waals surface area contributed by atoms with Gasteiger partial charge in [-0.15, -0.1) is 0 Å². The molecule has 3 rings (SSSR count). The summed E-state index contributed by atoms with van der Waals surface area (Å²) in [5.74, 6) is -0.341. The first kappa shape index (κ1) is 22.6. The van der Waals surface area contributed by atoms with Crippen LogP contribution < -0.4 is 10.2 Å². The number of hydrogen-bond donors (Lipinski definition) is 1. The number of hydrogen-bond acceptors (Lipinski definition) is 4. The molecule has 1 amide bonds. The first-order valence-corrected chi connectivity index (χ1v) is 12.1.